The number of Topliss-reactive ketones (excluding diaryl/α,β-unsaturated/α-hetero) is 1. The third kappa shape index (κ3) is 3.25. The monoisotopic (exact) mass is 324 g/mol. The highest BCUT2D eigenvalue weighted by atomic mass is 32.2. The van der Waals surface area contributed by atoms with Crippen LogP contribution in [0.1, 0.15) is 45.6 Å². The van der Waals surface area contributed by atoms with E-state index in [-0.39, 0.29) is 16.6 Å². The van der Waals surface area contributed by atoms with Crippen molar-refractivity contribution in [3.05, 3.63) is 35.9 Å². The normalized spacial score (nSPS) is 29.1. The molecule has 2 saturated carbocycles. The lowest BCUT2D eigenvalue weighted by Crippen LogP contribution is -2.32. The number of fused-ring (bicyclic) bond motifs is 2. The molecule has 3 rings (SSSR count). The highest BCUT2D eigenvalue weighted by molar-refractivity contribution is 7.85. The molecule has 0 saturated heterocycles. The summed E-state index contributed by atoms with van der Waals surface area (Å²) in [5.41, 5.74) is 0.900. The van der Waals surface area contributed by atoms with Gasteiger partial charge in [-0.25, -0.2) is 0 Å². The molecular formula is C17H24O4S. The van der Waals surface area contributed by atoms with Crippen LogP contribution in [0.4, 0.5) is 0 Å². The summed E-state index contributed by atoms with van der Waals surface area (Å²) < 4.78 is 29.2. The summed E-state index contributed by atoms with van der Waals surface area (Å²) in [5, 5.41) is 0. The molecule has 122 valence electrons. The Morgan fingerprint density at radius 1 is 1.18 bits per heavy atom. The van der Waals surface area contributed by atoms with Crippen molar-refractivity contribution in [2.75, 3.05) is 0 Å². The second kappa shape index (κ2) is 5.78. The van der Waals surface area contributed by atoms with Crippen LogP contribution in [0.15, 0.2) is 30.3 Å². The first-order valence-corrected chi connectivity index (χ1v) is 9.19. The van der Waals surface area contributed by atoms with E-state index in [1.54, 1.807) is 30.3 Å². The molecule has 0 radical (unpaired) electrons. The fourth-order valence-corrected chi connectivity index (χ4v) is 4.30. The van der Waals surface area contributed by atoms with E-state index in [1.807, 2.05) is 0 Å². The van der Waals surface area contributed by atoms with Crippen molar-refractivity contribution in [2.24, 2.45) is 16.7 Å². The Hall–Kier alpha value is -1.20. The van der Waals surface area contributed by atoms with Crippen molar-refractivity contribution >= 4 is 15.9 Å². The average Bonchev–Trinajstić information content (AvgIpc) is 2.72. The van der Waals surface area contributed by atoms with Gasteiger partial charge in [0, 0.05) is 11.8 Å². The van der Waals surface area contributed by atoms with Gasteiger partial charge in [-0.15, -0.1) is 0 Å². The van der Waals surface area contributed by atoms with Gasteiger partial charge >= 0.3 is 0 Å². The second-order valence-corrected chi connectivity index (χ2v) is 8.58. The zero-order valence-electron chi connectivity index (χ0n) is 13.4. The molecular weight excluding hydrogens is 300 g/mol. The summed E-state index contributed by atoms with van der Waals surface area (Å²) in [5.74, 6) is 0.882. The molecule has 0 heterocycles. The maximum Gasteiger partial charge on any atom is 0.269 e. The summed E-state index contributed by atoms with van der Waals surface area (Å²) in [6, 6.07) is 8.52. The van der Waals surface area contributed by atoms with Gasteiger partial charge in [-0.1, -0.05) is 51.1 Å². The molecule has 2 unspecified atom stereocenters. The van der Waals surface area contributed by atoms with Crippen LogP contribution in [-0.4, -0.2) is 18.8 Å². The van der Waals surface area contributed by atoms with Crippen molar-refractivity contribution < 1.29 is 17.8 Å². The molecule has 2 aliphatic rings. The Bertz CT molecular complexity index is 648. The van der Waals surface area contributed by atoms with Crippen LogP contribution in [0.3, 0.4) is 0 Å². The molecule has 2 atom stereocenters. The number of carbonyl (C=O) groups is 1. The zero-order valence-corrected chi connectivity index (χ0v) is 14.2. The molecule has 0 amide bonds. The number of benzene rings is 1. The molecule has 22 heavy (non-hydrogen) atoms. The Morgan fingerprint density at radius 2 is 1.77 bits per heavy atom. The molecule has 4 nitrogen and oxygen atoms in total. The fraction of sp³-hybridized carbons (Fsp3) is 0.588. The summed E-state index contributed by atoms with van der Waals surface area (Å²) in [4.78, 5) is 11.6. The van der Waals surface area contributed by atoms with Crippen LogP contribution in [-0.2, 0) is 20.7 Å². The number of rotatable bonds is 2. The van der Waals surface area contributed by atoms with Gasteiger partial charge in [-0.2, -0.15) is 8.42 Å². The Labute approximate surface area is 132 Å². The molecule has 1 aromatic rings. The smallest absolute Gasteiger partial charge is 0.269 e. The number of hydrogen-bond acceptors (Lipinski definition) is 3. The molecule has 2 bridgehead atoms. The van der Waals surface area contributed by atoms with Crippen LogP contribution < -0.4 is 0 Å². The molecule has 5 heteroatoms. The van der Waals surface area contributed by atoms with Gasteiger partial charge in [0.05, 0.1) is 0 Å². The van der Waals surface area contributed by atoms with Crippen molar-refractivity contribution in [1.29, 1.82) is 0 Å². The second-order valence-electron chi connectivity index (χ2n) is 7.13. The van der Waals surface area contributed by atoms with Crippen LogP contribution in [0.5, 0.6) is 0 Å². The molecule has 1 N–H and O–H groups in total. The zero-order chi connectivity index (χ0) is 16.6. The van der Waals surface area contributed by atoms with E-state index in [1.165, 1.54) is 6.42 Å². The fourth-order valence-electron chi connectivity index (χ4n) is 3.69. The van der Waals surface area contributed by atoms with Gasteiger partial charge in [0.25, 0.3) is 10.1 Å². The Kier molecular flexibility index (Phi) is 4.51. The Morgan fingerprint density at radius 3 is 2.09 bits per heavy atom. The topological polar surface area (TPSA) is 71.4 Å². The maximum atomic E-state index is 11.6. The molecule has 1 aromatic carbocycles. The summed E-state index contributed by atoms with van der Waals surface area (Å²) in [6.45, 7) is 6.67. The highest BCUT2D eigenvalue weighted by Gasteiger charge is 2.61. The van der Waals surface area contributed by atoms with E-state index in [0.29, 0.717) is 17.3 Å². The van der Waals surface area contributed by atoms with E-state index < -0.39 is 10.1 Å². The molecule has 0 spiro atoms. The van der Waals surface area contributed by atoms with Gasteiger partial charge in [-0.3, -0.25) is 9.35 Å². The highest BCUT2D eigenvalue weighted by Crippen LogP contribution is 2.63. The standard InChI is InChI=1S/C10H16O.C7H8O3S/c1-9(2)7-4-5-10(9,3)8(11)6-7;8-11(9,10)6-7-4-2-1-3-5-7/h7H,4-6H2,1-3H3;1-5H,6H2,(H,8,9,10). The quantitative estimate of drug-likeness (QED) is 0.846. The van der Waals surface area contributed by atoms with Gasteiger partial charge in [0.1, 0.15) is 11.5 Å². The summed E-state index contributed by atoms with van der Waals surface area (Å²) >= 11 is 0. The van der Waals surface area contributed by atoms with Crippen molar-refractivity contribution in [3.8, 4) is 0 Å². The van der Waals surface area contributed by atoms with E-state index in [4.69, 9.17) is 4.55 Å². The lowest BCUT2D eigenvalue weighted by Gasteiger charge is -2.32. The first-order chi connectivity index (χ1) is 10.1. The third-order valence-corrected chi connectivity index (χ3v) is 6.37. The van der Waals surface area contributed by atoms with Crippen LogP contribution in [0, 0.1) is 16.7 Å². The number of hydrogen-bond donors (Lipinski definition) is 1. The lowest BCUT2D eigenvalue weighted by molar-refractivity contribution is -0.128. The Balaban J connectivity index is 0.000000160. The van der Waals surface area contributed by atoms with E-state index in [2.05, 4.69) is 20.8 Å². The molecule has 0 aromatic heterocycles. The van der Waals surface area contributed by atoms with Crippen molar-refractivity contribution in [2.45, 2.75) is 45.8 Å². The van der Waals surface area contributed by atoms with Crippen LogP contribution >= 0.6 is 0 Å². The van der Waals surface area contributed by atoms with Gasteiger partial charge < -0.3 is 0 Å². The van der Waals surface area contributed by atoms with Gasteiger partial charge in [-0.05, 0) is 29.7 Å². The van der Waals surface area contributed by atoms with Crippen molar-refractivity contribution in [3.63, 3.8) is 0 Å². The summed E-state index contributed by atoms with van der Waals surface area (Å²) in [6.07, 6.45) is 3.25. The minimum atomic E-state index is -3.88. The van der Waals surface area contributed by atoms with E-state index in [0.717, 1.165) is 12.8 Å². The van der Waals surface area contributed by atoms with Gasteiger partial charge in [0.15, 0.2) is 0 Å². The van der Waals surface area contributed by atoms with Crippen LogP contribution in [0.2, 0.25) is 0 Å². The molecule has 2 fully saturated rings. The largest absolute Gasteiger partial charge is 0.299 e. The lowest BCUT2D eigenvalue weighted by atomic mass is 9.70. The number of ketones is 1. The minimum absolute atomic E-state index is 0.0255. The first kappa shape index (κ1) is 17.2. The first-order valence-electron chi connectivity index (χ1n) is 7.59. The summed E-state index contributed by atoms with van der Waals surface area (Å²) in [7, 11) is -3.88. The average molecular weight is 324 g/mol. The van der Waals surface area contributed by atoms with E-state index in [9.17, 15) is 13.2 Å². The predicted molar refractivity (Wildman–Crippen MR) is 85.9 cm³/mol. The number of carbonyl (C=O) groups excluding carboxylic acids is 1. The molecule has 2 aliphatic carbocycles. The predicted octanol–water partition coefficient (Wildman–Crippen LogP) is 3.48. The SMILES string of the molecule is CC12CCC(CC1=O)C2(C)C.O=S(=O)(O)Cc1ccccc1. The third-order valence-electron chi connectivity index (χ3n) is 5.67. The van der Waals surface area contributed by atoms with Gasteiger partial charge in [0.2, 0.25) is 0 Å². The molecule has 0 aliphatic heterocycles. The van der Waals surface area contributed by atoms with Crippen LogP contribution in [0.25, 0.3) is 0 Å². The maximum absolute atomic E-state index is 11.6. The van der Waals surface area contributed by atoms with Crippen molar-refractivity contribution in [1.82, 2.24) is 0 Å². The minimum Gasteiger partial charge on any atom is -0.299 e. The van der Waals surface area contributed by atoms with E-state index >= 15 is 0 Å².